The lowest BCUT2D eigenvalue weighted by molar-refractivity contribution is -0.759. The van der Waals surface area contributed by atoms with E-state index in [2.05, 4.69) is 36.4 Å². The van der Waals surface area contributed by atoms with Crippen LogP contribution in [0, 0.1) is 0 Å². The molecule has 1 aliphatic heterocycles. The molecule has 6 nitrogen and oxygen atoms in total. The molecule has 0 saturated carbocycles. The second-order valence-electron chi connectivity index (χ2n) is 4.95. The highest BCUT2D eigenvalue weighted by Crippen LogP contribution is 2.20. The molecule has 1 aromatic heterocycles. The fourth-order valence-corrected chi connectivity index (χ4v) is 1.91. The van der Waals surface area contributed by atoms with Gasteiger partial charge in [0.2, 0.25) is 5.27 Å². The van der Waals surface area contributed by atoms with Gasteiger partial charge in [-0.3, -0.25) is 4.52 Å². The first-order chi connectivity index (χ1) is 8.67. The topological polar surface area (TPSA) is 54.4 Å². The predicted octanol–water partition coefficient (Wildman–Crippen LogP) is 0.921. The number of nitrogens with zero attached hydrogens (tertiary/aromatic N) is 3. The van der Waals surface area contributed by atoms with Crippen molar-refractivity contribution in [2.24, 2.45) is 0 Å². The molecule has 1 N–H and O–H groups in total. The molecule has 1 aromatic rings. The van der Waals surface area contributed by atoms with Crippen molar-refractivity contribution in [3.8, 4) is 0 Å². The molecule has 6 heteroatoms. The summed E-state index contributed by atoms with van der Waals surface area (Å²) >= 11 is 0. The summed E-state index contributed by atoms with van der Waals surface area (Å²) in [7, 11) is 0. The Morgan fingerprint density at radius 2 is 2.06 bits per heavy atom. The summed E-state index contributed by atoms with van der Waals surface area (Å²) < 4.78 is 10.7. The Balaban J connectivity index is 2.01. The van der Waals surface area contributed by atoms with Crippen molar-refractivity contribution in [3.05, 3.63) is 6.20 Å². The molecule has 102 valence electrons. The van der Waals surface area contributed by atoms with Gasteiger partial charge < -0.3 is 10.1 Å². The quantitative estimate of drug-likeness (QED) is 0.793. The largest absolute Gasteiger partial charge is 0.377 e. The average molecular weight is 255 g/mol. The number of nitrogens with one attached hydrogen (secondary N) is 1. The van der Waals surface area contributed by atoms with Crippen LogP contribution in [-0.2, 0) is 4.74 Å². The van der Waals surface area contributed by atoms with Gasteiger partial charge in [0.05, 0.1) is 31.1 Å². The van der Waals surface area contributed by atoms with E-state index in [9.17, 15) is 0 Å². The van der Waals surface area contributed by atoms with E-state index >= 15 is 0 Å². The van der Waals surface area contributed by atoms with Crippen molar-refractivity contribution in [1.29, 1.82) is 0 Å². The molecular formula is C12H23N4O2+. The van der Waals surface area contributed by atoms with Crippen LogP contribution in [0.2, 0.25) is 0 Å². The summed E-state index contributed by atoms with van der Waals surface area (Å²) in [5.74, 6) is 0.715. The lowest BCUT2D eigenvalue weighted by Crippen LogP contribution is -2.62. The minimum absolute atomic E-state index is 0.0579. The Morgan fingerprint density at radius 3 is 2.67 bits per heavy atom. The maximum atomic E-state index is 5.34. The van der Waals surface area contributed by atoms with Crippen molar-refractivity contribution in [2.75, 3.05) is 36.6 Å². The number of ether oxygens (including phenoxy) is 1. The van der Waals surface area contributed by atoms with Crippen LogP contribution in [0.3, 0.4) is 0 Å². The number of hydrogen-bond donors (Lipinski definition) is 1. The van der Waals surface area contributed by atoms with E-state index in [-0.39, 0.29) is 5.54 Å². The van der Waals surface area contributed by atoms with Crippen LogP contribution in [0.1, 0.15) is 33.6 Å². The summed E-state index contributed by atoms with van der Waals surface area (Å²) in [6.07, 6.45) is 3.98. The number of aromatic nitrogens is 2. The van der Waals surface area contributed by atoms with E-state index in [4.69, 9.17) is 9.26 Å². The third-order valence-electron chi connectivity index (χ3n) is 3.72. The van der Waals surface area contributed by atoms with Gasteiger partial charge in [-0.05, 0) is 19.8 Å². The SMILES string of the molecule is CCC(C)(CC)Nc1c[n+](N2CCOCC2)no1. The zero-order chi connectivity index (χ0) is 13.0. The molecule has 2 rings (SSSR count). The Kier molecular flexibility index (Phi) is 4.06. The molecule has 0 aromatic carbocycles. The molecule has 0 spiro atoms. The van der Waals surface area contributed by atoms with E-state index in [1.54, 1.807) is 4.79 Å². The number of rotatable bonds is 5. The third-order valence-corrected chi connectivity index (χ3v) is 3.72. The highest BCUT2D eigenvalue weighted by atomic mass is 16.5. The maximum absolute atomic E-state index is 5.34. The van der Waals surface area contributed by atoms with Gasteiger partial charge in [-0.15, -0.1) is 5.01 Å². The minimum atomic E-state index is 0.0579. The number of anilines is 1. The van der Waals surface area contributed by atoms with Crippen LogP contribution in [0.5, 0.6) is 0 Å². The van der Waals surface area contributed by atoms with Crippen LogP contribution in [-0.4, -0.2) is 37.1 Å². The summed E-state index contributed by atoms with van der Waals surface area (Å²) in [5.41, 5.74) is 0.0579. The zero-order valence-corrected chi connectivity index (χ0v) is 11.5. The molecule has 0 amide bonds. The molecule has 1 fully saturated rings. The van der Waals surface area contributed by atoms with Gasteiger partial charge in [0.15, 0.2) is 0 Å². The van der Waals surface area contributed by atoms with Gasteiger partial charge in [0, 0.05) is 5.54 Å². The van der Waals surface area contributed by atoms with Crippen LogP contribution >= 0.6 is 0 Å². The Morgan fingerprint density at radius 1 is 1.39 bits per heavy atom. The summed E-state index contributed by atoms with van der Waals surface area (Å²) in [4.78, 5) is 1.76. The first kappa shape index (κ1) is 13.1. The van der Waals surface area contributed by atoms with Gasteiger partial charge >= 0.3 is 0 Å². The van der Waals surface area contributed by atoms with Crippen LogP contribution < -0.4 is 15.1 Å². The molecule has 0 atom stereocenters. The van der Waals surface area contributed by atoms with Gasteiger partial charge in [0.25, 0.3) is 12.1 Å². The molecular weight excluding hydrogens is 232 g/mol. The monoisotopic (exact) mass is 255 g/mol. The second-order valence-corrected chi connectivity index (χ2v) is 4.95. The molecule has 0 unspecified atom stereocenters. The fourth-order valence-electron chi connectivity index (χ4n) is 1.91. The lowest BCUT2D eigenvalue weighted by atomic mass is 9.96. The van der Waals surface area contributed by atoms with E-state index in [1.165, 1.54) is 0 Å². The normalized spacial score (nSPS) is 16.9. The van der Waals surface area contributed by atoms with Crippen LogP contribution in [0.4, 0.5) is 5.88 Å². The van der Waals surface area contributed by atoms with E-state index in [0.29, 0.717) is 5.88 Å². The summed E-state index contributed by atoms with van der Waals surface area (Å²) in [5, 5.41) is 9.55. The van der Waals surface area contributed by atoms with Gasteiger partial charge in [-0.25, -0.2) is 0 Å². The molecule has 0 aliphatic carbocycles. The molecule has 2 heterocycles. The summed E-state index contributed by atoms with van der Waals surface area (Å²) in [6.45, 7) is 9.69. The zero-order valence-electron chi connectivity index (χ0n) is 11.5. The first-order valence-electron chi connectivity index (χ1n) is 6.66. The molecule has 18 heavy (non-hydrogen) atoms. The molecule has 0 radical (unpaired) electrons. The van der Waals surface area contributed by atoms with E-state index < -0.39 is 0 Å². The number of morpholine rings is 1. The highest BCUT2D eigenvalue weighted by molar-refractivity contribution is 5.28. The van der Waals surface area contributed by atoms with Gasteiger partial charge in [0.1, 0.15) is 0 Å². The molecule has 1 saturated heterocycles. The lowest BCUT2D eigenvalue weighted by Gasteiger charge is -2.26. The Hall–Kier alpha value is -1.30. The van der Waals surface area contributed by atoms with Gasteiger partial charge in [-0.1, -0.05) is 13.8 Å². The van der Waals surface area contributed by atoms with Crippen molar-refractivity contribution < 1.29 is 14.1 Å². The third kappa shape index (κ3) is 2.93. The van der Waals surface area contributed by atoms with E-state index in [0.717, 1.165) is 39.1 Å². The van der Waals surface area contributed by atoms with Crippen molar-refractivity contribution in [3.63, 3.8) is 0 Å². The average Bonchev–Trinajstić information content (AvgIpc) is 2.88. The minimum Gasteiger partial charge on any atom is -0.377 e. The second kappa shape index (κ2) is 5.56. The van der Waals surface area contributed by atoms with Crippen molar-refractivity contribution in [2.45, 2.75) is 39.2 Å². The molecule has 1 aliphatic rings. The van der Waals surface area contributed by atoms with Gasteiger partial charge in [-0.2, -0.15) is 0 Å². The summed E-state index contributed by atoms with van der Waals surface area (Å²) in [6, 6.07) is 0. The van der Waals surface area contributed by atoms with Crippen molar-refractivity contribution >= 4 is 5.88 Å². The first-order valence-corrected chi connectivity index (χ1v) is 6.66. The van der Waals surface area contributed by atoms with Crippen molar-refractivity contribution in [1.82, 2.24) is 5.27 Å². The Bertz CT molecular complexity index is 370. The van der Waals surface area contributed by atoms with E-state index in [1.807, 2.05) is 6.20 Å². The Labute approximate surface area is 108 Å². The molecule has 0 bridgehead atoms. The maximum Gasteiger partial charge on any atom is 0.299 e. The number of hydrogen-bond acceptors (Lipinski definition) is 5. The predicted molar refractivity (Wildman–Crippen MR) is 68.1 cm³/mol. The van der Waals surface area contributed by atoms with Crippen LogP contribution in [0.15, 0.2) is 10.7 Å². The fraction of sp³-hybridized carbons (Fsp3) is 0.833. The standard InChI is InChI=1S/C12H23N4O2/c1-4-12(3,5-2)13-11-10-16(14-18-11)15-6-8-17-9-7-15/h10,13H,4-9H2,1-3H3/q+1. The smallest absolute Gasteiger partial charge is 0.299 e. The highest BCUT2D eigenvalue weighted by Gasteiger charge is 2.26. The van der Waals surface area contributed by atoms with Crippen LogP contribution in [0.25, 0.3) is 0 Å².